The van der Waals surface area contributed by atoms with E-state index < -0.39 is 0 Å². The fraction of sp³-hybridized carbons (Fsp3) is 0.375. The second kappa shape index (κ2) is 6.91. The summed E-state index contributed by atoms with van der Waals surface area (Å²) in [6.45, 7) is 4.86. The molecule has 0 bridgehead atoms. The van der Waals surface area contributed by atoms with Gasteiger partial charge in [0.25, 0.3) is 5.91 Å². The number of nitrogens with one attached hydrogen (secondary N) is 1. The Bertz CT molecular complexity index is 553. The molecule has 110 valence electrons. The molecule has 0 saturated carbocycles. The molecule has 5 heteroatoms. The van der Waals surface area contributed by atoms with Gasteiger partial charge in [0.15, 0.2) is 0 Å². The Balaban J connectivity index is 2.06. The number of hydrogen-bond donors (Lipinski definition) is 1. The van der Waals surface area contributed by atoms with E-state index in [2.05, 4.69) is 5.32 Å². The van der Waals surface area contributed by atoms with Gasteiger partial charge in [-0.05, 0) is 26.0 Å². The second-order valence-corrected chi connectivity index (χ2v) is 5.15. The lowest BCUT2D eigenvalue weighted by Gasteiger charge is -2.35. The van der Waals surface area contributed by atoms with Crippen molar-refractivity contribution < 1.29 is 9.53 Å². The Morgan fingerprint density at radius 3 is 2.52 bits per heavy atom. The molecule has 0 radical (unpaired) electrons. The first kappa shape index (κ1) is 15.1. The first-order chi connectivity index (χ1) is 10.1. The lowest BCUT2D eigenvalue weighted by atomic mass is 10.2. The second-order valence-electron chi connectivity index (χ2n) is 5.15. The van der Waals surface area contributed by atoms with Gasteiger partial charge in [-0.2, -0.15) is 5.26 Å². The largest absolute Gasteiger partial charge is 0.372 e. The highest BCUT2D eigenvalue weighted by molar-refractivity contribution is 5.97. The molecule has 1 aromatic rings. The Hall–Kier alpha value is -2.32. The van der Waals surface area contributed by atoms with Crippen LogP contribution in [0.5, 0.6) is 0 Å². The number of amides is 1. The van der Waals surface area contributed by atoms with Crippen molar-refractivity contribution in [3.05, 3.63) is 42.1 Å². The van der Waals surface area contributed by atoms with Crippen LogP contribution in [0.3, 0.4) is 0 Å². The lowest BCUT2D eigenvalue weighted by Crippen LogP contribution is -2.48. The first-order valence-corrected chi connectivity index (χ1v) is 6.96. The maximum absolute atomic E-state index is 12.4. The van der Waals surface area contributed by atoms with Crippen LogP contribution in [0.25, 0.3) is 0 Å². The third-order valence-electron chi connectivity index (χ3n) is 3.21. The molecule has 1 amide bonds. The molecule has 2 atom stereocenters. The summed E-state index contributed by atoms with van der Waals surface area (Å²) in [4.78, 5) is 14.0. The summed E-state index contributed by atoms with van der Waals surface area (Å²) in [6, 6.07) is 11.4. The third-order valence-corrected chi connectivity index (χ3v) is 3.21. The van der Waals surface area contributed by atoms with E-state index in [1.165, 1.54) is 6.20 Å². The number of nitrogens with zero attached hydrogens (tertiary/aromatic N) is 2. The zero-order chi connectivity index (χ0) is 15.2. The van der Waals surface area contributed by atoms with Gasteiger partial charge >= 0.3 is 0 Å². The van der Waals surface area contributed by atoms with Crippen LogP contribution < -0.4 is 5.32 Å². The highest BCUT2D eigenvalue weighted by atomic mass is 16.5. The zero-order valence-corrected chi connectivity index (χ0v) is 12.2. The molecule has 2 rings (SSSR count). The molecule has 2 unspecified atom stereocenters. The number of benzene rings is 1. The smallest absolute Gasteiger partial charge is 0.266 e. The summed E-state index contributed by atoms with van der Waals surface area (Å²) in [5.74, 6) is -0.261. The van der Waals surface area contributed by atoms with Crippen molar-refractivity contribution in [3.8, 4) is 6.07 Å². The van der Waals surface area contributed by atoms with Gasteiger partial charge in [0.05, 0.1) is 12.2 Å². The minimum Gasteiger partial charge on any atom is -0.372 e. The van der Waals surface area contributed by atoms with Gasteiger partial charge in [-0.15, -0.1) is 0 Å². The number of ether oxygens (including phenoxy) is 1. The van der Waals surface area contributed by atoms with Crippen LogP contribution in [-0.2, 0) is 9.53 Å². The highest BCUT2D eigenvalue weighted by Gasteiger charge is 2.27. The standard InChI is InChI=1S/C16H19N3O2/c1-12-10-19(11-13(2)21-12)16(20)14(8-17)9-18-15-6-4-3-5-7-15/h3-7,9,12-13,18H,10-11H2,1-2H3/b14-9-. The quantitative estimate of drug-likeness (QED) is 0.682. The normalized spacial score (nSPS) is 22.5. The molecular weight excluding hydrogens is 266 g/mol. The van der Waals surface area contributed by atoms with E-state index in [1.54, 1.807) is 4.90 Å². The Kier molecular flexibility index (Phi) is 4.96. The van der Waals surface area contributed by atoms with Crippen LogP contribution in [0.1, 0.15) is 13.8 Å². The molecule has 1 aromatic carbocycles. The Labute approximate surface area is 124 Å². The lowest BCUT2D eigenvalue weighted by molar-refractivity contribution is -0.138. The Morgan fingerprint density at radius 2 is 1.95 bits per heavy atom. The molecule has 1 aliphatic heterocycles. The van der Waals surface area contributed by atoms with E-state index in [-0.39, 0.29) is 23.7 Å². The van der Waals surface area contributed by atoms with Crippen molar-refractivity contribution in [3.63, 3.8) is 0 Å². The minimum absolute atomic E-state index is 0.0141. The van der Waals surface area contributed by atoms with Crippen molar-refractivity contribution in [1.29, 1.82) is 5.26 Å². The summed E-state index contributed by atoms with van der Waals surface area (Å²) in [6.07, 6.45) is 1.43. The number of carbonyl (C=O) groups is 1. The predicted octanol–water partition coefficient (Wildman–Crippen LogP) is 2.14. The fourth-order valence-electron chi connectivity index (χ4n) is 2.35. The molecule has 0 spiro atoms. The van der Waals surface area contributed by atoms with E-state index in [0.29, 0.717) is 13.1 Å². The number of anilines is 1. The molecule has 0 aliphatic carbocycles. The molecule has 1 aliphatic rings. The summed E-state index contributed by atoms with van der Waals surface area (Å²) >= 11 is 0. The van der Waals surface area contributed by atoms with E-state index >= 15 is 0 Å². The van der Waals surface area contributed by atoms with Crippen LogP contribution in [0.2, 0.25) is 0 Å². The van der Waals surface area contributed by atoms with Crippen molar-refractivity contribution in [1.82, 2.24) is 4.90 Å². The third kappa shape index (κ3) is 4.07. The fourth-order valence-corrected chi connectivity index (χ4v) is 2.35. The van der Waals surface area contributed by atoms with E-state index in [0.717, 1.165) is 5.69 Å². The van der Waals surface area contributed by atoms with Gasteiger partial charge in [0.1, 0.15) is 11.6 Å². The monoisotopic (exact) mass is 285 g/mol. The van der Waals surface area contributed by atoms with Crippen LogP contribution in [0, 0.1) is 11.3 Å². The first-order valence-electron chi connectivity index (χ1n) is 6.96. The van der Waals surface area contributed by atoms with Crippen LogP contribution in [0.4, 0.5) is 5.69 Å². The van der Waals surface area contributed by atoms with Crippen molar-refractivity contribution in [2.75, 3.05) is 18.4 Å². The van der Waals surface area contributed by atoms with Gasteiger partial charge in [-0.25, -0.2) is 0 Å². The molecule has 1 heterocycles. The summed E-state index contributed by atoms with van der Waals surface area (Å²) in [7, 11) is 0. The van der Waals surface area contributed by atoms with Crippen LogP contribution in [0.15, 0.2) is 42.1 Å². The van der Waals surface area contributed by atoms with E-state index in [4.69, 9.17) is 4.74 Å². The minimum atomic E-state index is -0.261. The molecular formula is C16H19N3O2. The van der Waals surface area contributed by atoms with E-state index in [1.807, 2.05) is 50.2 Å². The molecule has 0 aromatic heterocycles. The van der Waals surface area contributed by atoms with Crippen molar-refractivity contribution in [2.24, 2.45) is 0 Å². The van der Waals surface area contributed by atoms with Crippen LogP contribution >= 0.6 is 0 Å². The topological polar surface area (TPSA) is 65.4 Å². The molecule has 21 heavy (non-hydrogen) atoms. The maximum Gasteiger partial charge on any atom is 0.266 e. The number of hydrogen-bond acceptors (Lipinski definition) is 4. The summed E-state index contributed by atoms with van der Waals surface area (Å²) in [5.41, 5.74) is 0.932. The summed E-state index contributed by atoms with van der Waals surface area (Å²) in [5, 5.41) is 12.2. The SMILES string of the molecule is CC1CN(C(=O)/C(C#N)=C\Nc2ccccc2)CC(C)O1. The average Bonchev–Trinajstić information content (AvgIpc) is 2.47. The van der Waals surface area contributed by atoms with Gasteiger partial charge in [-0.1, -0.05) is 18.2 Å². The number of nitriles is 1. The van der Waals surface area contributed by atoms with E-state index in [9.17, 15) is 10.1 Å². The highest BCUT2D eigenvalue weighted by Crippen LogP contribution is 2.14. The molecule has 1 saturated heterocycles. The van der Waals surface area contributed by atoms with Crippen LogP contribution in [-0.4, -0.2) is 36.1 Å². The van der Waals surface area contributed by atoms with Gasteiger partial charge in [0.2, 0.25) is 0 Å². The number of carbonyl (C=O) groups excluding carboxylic acids is 1. The predicted molar refractivity (Wildman–Crippen MR) is 80.3 cm³/mol. The van der Waals surface area contributed by atoms with Gasteiger partial charge < -0.3 is 15.0 Å². The van der Waals surface area contributed by atoms with Crippen molar-refractivity contribution >= 4 is 11.6 Å². The Morgan fingerprint density at radius 1 is 1.33 bits per heavy atom. The number of rotatable bonds is 3. The maximum atomic E-state index is 12.4. The number of morpholine rings is 1. The van der Waals surface area contributed by atoms with Crippen molar-refractivity contribution in [2.45, 2.75) is 26.1 Å². The number of para-hydroxylation sites is 1. The summed E-state index contributed by atoms with van der Waals surface area (Å²) < 4.78 is 5.60. The van der Waals surface area contributed by atoms with Gasteiger partial charge in [-0.3, -0.25) is 4.79 Å². The molecule has 1 N–H and O–H groups in total. The van der Waals surface area contributed by atoms with Gasteiger partial charge in [0, 0.05) is 25.0 Å². The zero-order valence-electron chi connectivity index (χ0n) is 12.2. The average molecular weight is 285 g/mol. The molecule has 1 fully saturated rings. The molecule has 5 nitrogen and oxygen atoms in total.